The number of thiophene rings is 1. The van der Waals surface area contributed by atoms with Crippen LogP contribution in [0.3, 0.4) is 0 Å². The SMILES string of the molecule is Cc1ccc(-n2c(=O)c3sccc3n(CC(=O)Nc3ccc(F)cc3Cl)c2=O)c(C)c1. The van der Waals surface area contributed by atoms with Crippen LogP contribution in [-0.4, -0.2) is 15.0 Å². The Labute approximate surface area is 185 Å². The zero-order chi connectivity index (χ0) is 22.3. The van der Waals surface area contributed by atoms with Gasteiger partial charge in [0, 0.05) is 0 Å². The highest BCUT2D eigenvalue weighted by molar-refractivity contribution is 7.17. The fourth-order valence-electron chi connectivity index (χ4n) is 3.43. The largest absolute Gasteiger partial charge is 0.336 e. The van der Waals surface area contributed by atoms with Gasteiger partial charge in [-0.15, -0.1) is 11.3 Å². The molecule has 0 saturated carbocycles. The third-order valence-electron chi connectivity index (χ3n) is 4.85. The molecule has 1 amide bonds. The van der Waals surface area contributed by atoms with E-state index in [0.29, 0.717) is 15.9 Å². The number of nitrogens with one attached hydrogen (secondary N) is 1. The van der Waals surface area contributed by atoms with Crippen LogP contribution in [0.2, 0.25) is 5.02 Å². The Morgan fingerprint density at radius 2 is 1.90 bits per heavy atom. The lowest BCUT2D eigenvalue weighted by Crippen LogP contribution is -2.40. The second-order valence-corrected chi connectivity index (χ2v) is 8.43. The topological polar surface area (TPSA) is 73.1 Å². The molecule has 0 atom stereocenters. The molecule has 2 heterocycles. The Kier molecular flexibility index (Phi) is 5.51. The van der Waals surface area contributed by atoms with E-state index in [0.717, 1.165) is 21.8 Å². The summed E-state index contributed by atoms with van der Waals surface area (Å²) in [7, 11) is 0. The van der Waals surface area contributed by atoms with Crippen molar-refractivity contribution in [3.8, 4) is 5.69 Å². The van der Waals surface area contributed by atoms with Gasteiger partial charge in [-0.2, -0.15) is 0 Å². The van der Waals surface area contributed by atoms with Gasteiger partial charge in [-0.05, 0) is 55.1 Å². The maximum atomic E-state index is 13.3. The van der Waals surface area contributed by atoms with E-state index in [4.69, 9.17) is 11.6 Å². The highest BCUT2D eigenvalue weighted by atomic mass is 35.5. The van der Waals surface area contributed by atoms with E-state index in [1.54, 1.807) is 17.5 Å². The number of carbonyl (C=O) groups excluding carboxylic acids is 1. The van der Waals surface area contributed by atoms with Gasteiger partial charge in [0.05, 0.1) is 21.9 Å². The molecule has 0 spiro atoms. The first-order chi connectivity index (χ1) is 14.8. The quantitative estimate of drug-likeness (QED) is 0.497. The molecule has 0 saturated heterocycles. The van der Waals surface area contributed by atoms with Crippen molar-refractivity contribution in [1.29, 1.82) is 0 Å². The summed E-state index contributed by atoms with van der Waals surface area (Å²) in [5.41, 5.74) is 1.79. The summed E-state index contributed by atoms with van der Waals surface area (Å²) in [6.07, 6.45) is 0. The monoisotopic (exact) mass is 457 g/mol. The second kappa shape index (κ2) is 8.13. The van der Waals surface area contributed by atoms with Crippen molar-refractivity contribution in [2.45, 2.75) is 20.4 Å². The zero-order valence-corrected chi connectivity index (χ0v) is 18.2. The third kappa shape index (κ3) is 3.92. The summed E-state index contributed by atoms with van der Waals surface area (Å²) in [5, 5.41) is 4.32. The highest BCUT2D eigenvalue weighted by Crippen LogP contribution is 2.23. The van der Waals surface area contributed by atoms with Crippen molar-refractivity contribution in [2.75, 3.05) is 5.32 Å². The van der Waals surface area contributed by atoms with E-state index in [9.17, 15) is 18.8 Å². The van der Waals surface area contributed by atoms with Gasteiger partial charge in [-0.1, -0.05) is 29.3 Å². The molecule has 158 valence electrons. The number of anilines is 1. The minimum atomic E-state index is -0.622. The molecule has 0 radical (unpaired) electrons. The first-order valence-corrected chi connectivity index (χ1v) is 10.6. The lowest BCUT2D eigenvalue weighted by atomic mass is 10.1. The molecule has 0 fully saturated rings. The number of halogens is 2. The molecule has 0 aliphatic carbocycles. The van der Waals surface area contributed by atoms with Crippen molar-refractivity contribution < 1.29 is 9.18 Å². The summed E-state index contributed by atoms with van der Waals surface area (Å²) in [4.78, 5) is 39.0. The van der Waals surface area contributed by atoms with Gasteiger partial charge in [-0.25, -0.2) is 13.8 Å². The van der Waals surface area contributed by atoms with Crippen LogP contribution in [0.1, 0.15) is 11.1 Å². The lowest BCUT2D eigenvalue weighted by molar-refractivity contribution is -0.116. The fraction of sp³-hybridized carbons (Fsp3) is 0.136. The Morgan fingerprint density at radius 1 is 1.13 bits per heavy atom. The van der Waals surface area contributed by atoms with Gasteiger partial charge >= 0.3 is 5.69 Å². The van der Waals surface area contributed by atoms with E-state index < -0.39 is 23.0 Å². The van der Waals surface area contributed by atoms with Crippen molar-refractivity contribution in [2.24, 2.45) is 0 Å². The molecule has 0 unspecified atom stereocenters. The summed E-state index contributed by atoms with van der Waals surface area (Å²) in [5.74, 6) is -1.06. The summed E-state index contributed by atoms with van der Waals surface area (Å²) in [6.45, 7) is 3.40. The summed E-state index contributed by atoms with van der Waals surface area (Å²) >= 11 is 7.18. The molecule has 2 aromatic carbocycles. The molecular formula is C22H17ClFN3O3S. The van der Waals surface area contributed by atoms with Crippen LogP contribution < -0.4 is 16.6 Å². The number of hydrogen-bond donors (Lipinski definition) is 1. The molecule has 2 aromatic heterocycles. The fourth-order valence-corrected chi connectivity index (χ4v) is 4.47. The van der Waals surface area contributed by atoms with Gasteiger partial charge in [0.15, 0.2) is 0 Å². The first kappa shape index (κ1) is 21.0. The molecule has 0 aliphatic heterocycles. The van der Waals surface area contributed by atoms with Gasteiger partial charge < -0.3 is 5.32 Å². The van der Waals surface area contributed by atoms with Crippen molar-refractivity contribution in [1.82, 2.24) is 9.13 Å². The van der Waals surface area contributed by atoms with Crippen LogP contribution in [0, 0.1) is 19.7 Å². The van der Waals surface area contributed by atoms with E-state index in [1.807, 2.05) is 26.0 Å². The van der Waals surface area contributed by atoms with E-state index in [2.05, 4.69) is 5.32 Å². The van der Waals surface area contributed by atoms with Crippen LogP contribution in [0.15, 0.2) is 57.4 Å². The molecule has 0 aliphatic rings. The Hall–Kier alpha value is -3.23. The van der Waals surface area contributed by atoms with Crippen LogP contribution in [0.5, 0.6) is 0 Å². The average Bonchev–Trinajstić information content (AvgIpc) is 3.19. The number of rotatable bonds is 4. The minimum Gasteiger partial charge on any atom is -0.323 e. The molecule has 31 heavy (non-hydrogen) atoms. The normalized spacial score (nSPS) is 11.1. The number of nitrogens with zero attached hydrogens (tertiary/aromatic N) is 2. The number of fused-ring (bicyclic) bond motifs is 1. The van der Waals surface area contributed by atoms with Crippen molar-refractivity contribution in [3.63, 3.8) is 0 Å². The van der Waals surface area contributed by atoms with Crippen LogP contribution in [-0.2, 0) is 11.3 Å². The predicted octanol–water partition coefficient (Wildman–Crippen LogP) is 4.26. The van der Waals surface area contributed by atoms with E-state index in [-0.39, 0.29) is 17.3 Å². The second-order valence-electron chi connectivity index (χ2n) is 7.11. The third-order valence-corrected chi connectivity index (χ3v) is 6.06. The Balaban J connectivity index is 1.81. The minimum absolute atomic E-state index is 0.0432. The molecule has 4 rings (SSSR count). The number of aryl methyl sites for hydroxylation is 2. The number of carbonyl (C=O) groups is 1. The van der Waals surface area contributed by atoms with E-state index >= 15 is 0 Å². The van der Waals surface area contributed by atoms with Gasteiger partial charge in [0.1, 0.15) is 17.1 Å². The zero-order valence-electron chi connectivity index (χ0n) is 16.6. The van der Waals surface area contributed by atoms with Crippen molar-refractivity contribution in [3.05, 3.63) is 90.6 Å². The van der Waals surface area contributed by atoms with Gasteiger partial charge in [0.25, 0.3) is 5.56 Å². The van der Waals surface area contributed by atoms with Crippen LogP contribution in [0.4, 0.5) is 10.1 Å². The number of hydrogen-bond acceptors (Lipinski definition) is 4. The number of benzene rings is 2. The highest BCUT2D eigenvalue weighted by Gasteiger charge is 2.19. The predicted molar refractivity (Wildman–Crippen MR) is 121 cm³/mol. The maximum Gasteiger partial charge on any atom is 0.336 e. The van der Waals surface area contributed by atoms with Crippen LogP contribution >= 0.6 is 22.9 Å². The van der Waals surface area contributed by atoms with Crippen molar-refractivity contribution >= 4 is 44.7 Å². The number of amides is 1. The number of aromatic nitrogens is 2. The first-order valence-electron chi connectivity index (χ1n) is 9.32. The smallest absolute Gasteiger partial charge is 0.323 e. The molecule has 9 heteroatoms. The lowest BCUT2D eigenvalue weighted by Gasteiger charge is -2.14. The molecule has 1 N–H and O–H groups in total. The molecule has 0 bridgehead atoms. The van der Waals surface area contributed by atoms with Gasteiger partial charge in [-0.3, -0.25) is 14.2 Å². The molecule has 4 aromatic rings. The van der Waals surface area contributed by atoms with Crippen LogP contribution in [0.25, 0.3) is 15.9 Å². The molecule has 6 nitrogen and oxygen atoms in total. The Morgan fingerprint density at radius 3 is 2.61 bits per heavy atom. The summed E-state index contributed by atoms with van der Waals surface area (Å²) in [6, 6.07) is 10.7. The maximum absolute atomic E-state index is 13.3. The Bertz CT molecular complexity index is 1450. The summed E-state index contributed by atoms with van der Waals surface area (Å²) < 4.78 is 16.0. The van der Waals surface area contributed by atoms with E-state index in [1.165, 1.54) is 28.0 Å². The standard InChI is InChI=1S/C22H17ClFN3O3S/c1-12-3-6-17(13(2)9-12)27-21(29)20-18(7-8-31-20)26(22(27)30)11-19(28)25-16-5-4-14(24)10-15(16)23/h3-10H,11H2,1-2H3,(H,25,28). The van der Waals surface area contributed by atoms with Gasteiger partial charge in [0.2, 0.25) is 5.91 Å². The average molecular weight is 458 g/mol. The molecular weight excluding hydrogens is 441 g/mol.